The van der Waals surface area contributed by atoms with Gasteiger partial charge in [0.2, 0.25) is 0 Å². The van der Waals surface area contributed by atoms with Crippen LogP contribution in [0.25, 0.3) is 15.9 Å². The molecule has 29 heavy (non-hydrogen) atoms. The highest BCUT2D eigenvalue weighted by molar-refractivity contribution is 7.99. The van der Waals surface area contributed by atoms with Crippen LogP contribution in [0.1, 0.15) is 16.0 Å². The Morgan fingerprint density at radius 3 is 2.83 bits per heavy atom. The monoisotopic (exact) mass is 481 g/mol. The molecule has 0 bridgehead atoms. The van der Waals surface area contributed by atoms with Crippen LogP contribution in [0.2, 0.25) is 10.0 Å². The van der Waals surface area contributed by atoms with Crippen molar-refractivity contribution >= 4 is 73.9 Å². The summed E-state index contributed by atoms with van der Waals surface area (Å²) in [6, 6.07) is 5.72. The van der Waals surface area contributed by atoms with Gasteiger partial charge in [-0.15, -0.1) is 21.5 Å². The number of aromatic nitrogens is 4. The second kappa shape index (κ2) is 7.90. The summed E-state index contributed by atoms with van der Waals surface area (Å²) >= 11 is 17.2. The first kappa shape index (κ1) is 19.9. The molecule has 3 aromatic heterocycles. The summed E-state index contributed by atoms with van der Waals surface area (Å²) in [6.45, 7) is 2.03. The summed E-state index contributed by atoms with van der Waals surface area (Å²) in [6.07, 6.45) is 3.07. The first-order chi connectivity index (χ1) is 14.0. The largest absolute Gasteiger partial charge is 0.301 e. The summed E-state index contributed by atoms with van der Waals surface area (Å²) in [5.74, 6) is 0.732. The first-order valence-electron chi connectivity index (χ1n) is 9.03. The lowest BCUT2D eigenvalue weighted by atomic mass is 10.1. The molecule has 4 aromatic rings. The Morgan fingerprint density at radius 2 is 2.03 bits per heavy atom. The van der Waals surface area contributed by atoms with Crippen molar-refractivity contribution in [2.75, 3.05) is 19.8 Å². The van der Waals surface area contributed by atoms with Gasteiger partial charge in [-0.05, 0) is 43.0 Å². The van der Waals surface area contributed by atoms with Crippen LogP contribution < -0.4 is 0 Å². The summed E-state index contributed by atoms with van der Waals surface area (Å²) in [4.78, 5) is 9.78. The van der Waals surface area contributed by atoms with E-state index in [-0.39, 0.29) is 0 Å². The molecule has 0 fully saturated rings. The van der Waals surface area contributed by atoms with Crippen molar-refractivity contribution in [1.29, 1.82) is 0 Å². The Kier molecular flexibility index (Phi) is 5.43. The second-order valence-electron chi connectivity index (χ2n) is 6.95. The van der Waals surface area contributed by atoms with Crippen molar-refractivity contribution in [3.05, 3.63) is 44.2 Å². The Bertz CT molecular complexity index is 1240. The van der Waals surface area contributed by atoms with Gasteiger partial charge in [-0.3, -0.25) is 0 Å². The molecule has 1 aliphatic heterocycles. The number of nitrogens with zero attached hydrogens (tertiary/aromatic N) is 5. The number of thiophene rings is 1. The van der Waals surface area contributed by atoms with Crippen molar-refractivity contribution in [2.24, 2.45) is 0 Å². The van der Waals surface area contributed by atoms with E-state index in [0.717, 1.165) is 51.6 Å². The van der Waals surface area contributed by atoms with Gasteiger partial charge in [-0.1, -0.05) is 52.8 Å². The topological polar surface area (TPSA) is 46.3 Å². The van der Waals surface area contributed by atoms with E-state index in [2.05, 4.69) is 26.5 Å². The normalized spacial score (nSPS) is 14.8. The number of hydrogen-bond donors (Lipinski definition) is 0. The molecular formula is C19H17Cl2N5S3. The summed E-state index contributed by atoms with van der Waals surface area (Å²) in [5, 5.41) is 13.2. The zero-order chi connectivity index (χ0) is 20.1. The van der Waals surface area contributed by atoms with Crippen LogP contribution in [-0.4, -0.2) is 44.3 Å². The molecule has 150 valence electrons. The second-order valence-corrected chi connectivity index (χ2v) is 10.6. The third-order valence-electron chi connectivity index (χ3n) is 5.01. The fourth-order valence-electron chi connectivity index (χ4n) is 3.58. The summed E-state index contributed by atoms with van der Waals surface area (Å²) in [5.41, 5.74) is 3.40. The highest BCUT2D eigenvalue weighted by Gasteiger charge is 2.24. The number of likely N-dealkylation sites (N-methyl/N-ethyl adjacent to an activating group) is 1. The molecule has 10 heteroatoms. The number of rotatable bonds is 4. The van der Waals surface area contributed by atoms with Gasteiger partial charge in [0, 0.05) is 23.7 Å². The van der Waals surface area contributed by atoms with Crippen LogP contribution in [0.3, 0.4) is 0 Å². The molecule has 1 aliphatic rings. The van der Waals surface area contributed by atoms with Crippen molar-refractivity contribution in [2.45, 2.75) is 29.0 Å². The number of benzene rings is 1. The van der Waals surface area contributed by atoms with Gasteiger partial charge in [0.1, 0.15) is 4.83 Å². The average Bonchev–Trinajstić information content (AvgIpc) is 3.28. The highest BCUT2D eigenvalue weighted by Crippen LogP contribution is 2.38. The van der Waals surface area contributed by atoms with E-state index in [9.17, 15) is 0 Å². The maximum absolute atomic E-state index is 6.16. The van der Waals surface area contributed by atoms with Gasteiger partial charge >= 0.3 is 0 Å². The Morgan fingerprint density at radius 1 is 1.17 bits per heavy atom. The van der Waals surface area contributed by atoms with E-state index in [0.29, 0.717) is 10.0 Å². The van der Waals surface area contributed by atoms with Crippen LogP contribution in [0.15, 0.2) is 28.5 Å². The van der Waals surface area contributed by atoms with Gasteiger partial charge in [0.15, 0.2) is 16.0 Å². The predicted octanol–water partition coefficient (Wildman–Crippen LogP) is 5.65. The van der Waals surface area contributed by atoms with Crippen molar-refractivity contribution < 1.29 is 0 Å². The maximum atomic E-state index is 6.16. The van der Waals surface area contributed by atoms with E-state index in [1.807, 2.05) is 24.5 Å². The van der Waals surface area contributed by atoms with Gasteiger partial charge in [0.25, 0.3) is 0 Å². The van der Waals surface area contributed by atoms with E-state index in [1.54, 1.807) is 34.9 Å². The molecule has 1 aromatic carbocycles. The quantitative estimate of drug-likeness (QED) is 0.277. The van der Waals surface area contributed by atoms with Gasteiger partial charge in [0.05, 0.1) is 15.4 Å². The average molecular weight is 482 g/mol. The van der Waals surface area contributed by atoms with Gasteiger partial charge < -0.3 is 4.90 Å². The lowest BCUT2D eigenvalue weighted by Crippen LogP contribution is -2.25. The van der Waals surface area contributed by atoms with Gasteiger partial charge in [-0.25, -0.2) is 9.38 Å². The molecule has 0 unspecified atom stereocenters. The molecule has 0 saturated heterocycles. The molecule has 0 aliphatic carbocycles. The maximum Gasteiger partial charge on any atom is 0.198 e. The lowest BCUT2D eigenvalue weighted by molar-refractivity contribution is 0.318. The first-order valence-corrected chi connectivity index (χ1v) is 12.8. The standard InChI is InChI=1S/C19H17Cl2N5S3/c1-25-6-5-11-14(8-25)29-17-15(11)16-23-24-19(26(16)18(22-17)27-2)28-9-10-3-4-12(20)13(21)7-10/h3-4,7H,5-6,8-9H2,1-2H3. The Balaban J connectivity index is 1.58. The van der Waals surface area contributed by atoms with Crippen LogP contribution in [-0.2, 0) is 18.7 Å². The Labute approximate surface area is 190 Å². The van der Waals surface area contributed by atoms with Gasteiger partial charge in [-0.2, -0.15) is 0 Å². The summed E-state index contributed by atoms with van der Waals surface area (Å²) < 4.78 is 2.10. The number of fused-ring (bicyclic) bond motifs is 5. The van der Waals surface area contributed by atoms with Crippen LogP contribution in [0.4, 0.5) is 0 Å². The molecule has 5 rings (SSSR count). The predicted molar refractivity (Wildman–Crippen MR) is 124 cm³/mol. The molecule has 0 atom stereocenters. The van der Waals surface area contributed by atoms with Crippen molar-refractivity contribution in [1.82, 2.24) is 24.5 Å². The van der Waals surface area contributed by atoms with E-state index in [4.69, 9.17) is 28.2 Å². The third-order valence-corrected chi connectivity index (χ3v) is 8.50. The molecule has 0 amide bonds. The molecule has 0 radical (unpaired) electrons. The number of hydrogen-bond acceptors (Lipinski definition) is 7. The number of thioether (sulfide) groups is 2. The fraction of sp³-hybridized carbons (Fsp3) is 0.316. The third kappa shape index (κ3) is 3.54. The zero-order valence-corrected chi connectivity index (χ0v) is 19.7. The molecule has 0 N–H and O–H groups in total. The summed E-state index contributed by atoms with van der Waals surface area (Å²) in [7, 11) is 2.17. The van der Waals surface area contributed by atoms with E-state index >= 15 is 0 Å². The van der Waals surface area contributed by atoms with E-state index < -0.39 is 0 Å². The van der Waals surface area contributed by atoms with Crippen LogP contribution >= 0.6 is 58.1 Å². The molecule has 0 spiro atoms. The number of halogens is 2. The van der Waals surface area contributed by atoms with Crippen LogP contribution in [0, 0.1) is 0 Å². The fourth-order valence-corrected chi connectivity index (χ4v) is 6.72. The Hall–Kier alpha value is -1.03. The minimum atomic E-state index is 0.567. The van der Waals surface area contributed by atoms with Crippen LogP contribution in [0.5, 0.6) is 0 Å². The zero-order valence-electron chi connectivity index (χ0n) is 15.8. The SMILES string of the molecule is CSc1nc2sc3c(c2c2nnc(SCc4ccc(Cl)c(Cl)c4)n12)CCN(C)C3. The minimum absolute atomic E-state index is 0.567. The van der Waals surface area contributed by atoms with Crippen molar-refractivity contribution in [3.63, 3.8) is 0 Å². The minimum Gasteiger partial charge on any atom is -0.301 e. The lowest BCUT2D eigenvalue weighted by Gasteiger charge is -2.21. The molecule has 5 nitrogen and oxygen atoms in total. The van der Waals surface area contributed by atoms with E-state index in [1.165, 1.54) is 15.8 Å². The molecule has 4 heterocycles. The highest BCUT2D eigenvalue weighted by atomic mass is 35.5. The van der Waals surface area contributed by atoms with Crippen molar-refractivity contribution in [3.8, 4) is 0 Å². The smallest absolute Gasteiger partial charge is 0.198 e. The molecule has 0 saturated carbocycles. The molecular weight excluding hydrogens is 465 g/mol.